The molecule has 0 fully saturated rings. The summed E-state index contributed by atoms with van der Waals surface area (Å²) in [6.07, 6.45) is 4.40. The van der Waals surface area contributed by atoms with Gasteiger partial charge in [0, 0.05) is 5.69 Å². The molecule has 0 aromatic carbocycles. The minimum absolute atomic E-state index is 0.443. The summed E-state index contributed by atoms with van der Waals surface area (Å²) in [5.41, 5.74) is 3.21. The van der Waals surface area contributed by atoms with Crippen LogP contribution in [0.1, 0.15) is 44.4 Å². The average molecular weight is 164 g/mol. The first-order valence-electron chi connectivity index (χ1n) is 4.61. The molecule has 2 nitrogen and oxygen atoms in total. The molecule has 1 N–H and O–H groups in total. The van der Waals surface area contributed by atoms with Crippen molar-refractivity contribution in [2.45, 2.75) is 39.5 Å². The Labute approximate surface area is 73.4 Å². The van der Waals surface area contributed by atoms with Crippen LogP contribution in [0.15, 0.2) is 6.20 Å². The fourth-order valence-electron chi connectivity index (χ4n) is 2.38. The van der Waals surface area contributed by atoms with Gasteiger partial charge in [-0.15, -0.1) is 0 Å². The molecule has 12 heavy (non-hydrogen) atoms. The van der Waals surface area contributed by atoms with Gasteiger partial charge in [0.25, 0.3) is 0 Å². The summed E-state index contributed by atoms with van der Waals surface area (Å²) >= 11 is 0. The molecule has 2 rings (SSSR count). The molecule has 1 heterocycles. The maximum Gasteiger partial charge on any atom is 0.0524 e. The van der Waals surface area contributed by atoms with Crippen LogP contribution in [0.4, 0.5) is 0 Å². The summed E-state index contributed by atoms with van der Waals surface area (Å²) in [6, 6.07) is 0. The topological polar surface area (TPSA) is 28.7 Å². The molecule has 1 atom stereocenters. The summed E-state index contributed by atoms with van der Waals surface area (Å²) in [4.78, 5) is 0. The van der Waals surface area contributed by atoms with Crippen molar-refractivity contribution in [1.82, 2.24) is 10.2 Å². The van der Waals surface area contributed by atoms with Gasteiger partial charge in [-0.2, -0.15) is 5.10 Å². The summed E-state index contributed by atoms with van der Waals surface area (Å²) in [5.74, 6) is 0.669. The Morgan fingerprint density at radius 3 is 3.08 bits per heavy atom. The second-order valence-electron chi connectivity index (χ2n) is 4.75. The lowest BCUT2D eigenvalue weighted by atomic mass is 9.72. The number of hydrogen-bond acceptors (Lipinski definition) is 1. The van der Waals surface area contributed by atoms with E-state index in [1.54, 1.807) is 0 Å². The Morgan fingerprint density at radius 1 is 1.58 bits per heavy atom. The Kier molecular flexibility index (Phi) is 1.53. The fourth-order valence-corrected chi connectivity index (χ4v) is 2.38. The van der Waals surface area contributed by atoms with E-state index in [2.05, 4.69) is 31.0 Å². The van der Waals surface area contributed by atoms with E-state index in [0.717, 1.165) is 6.42 Å². The zero-order chi connectivity index (χ0) is 8.77. The first-order chi connectivity index (χ1) is 5.58. The summed E-state index contributed by atoms with van der Waals surface area (Å²) in [7, 11) is 0. The maximum atomic E-state index is 4.09. The van der Waals surface area contributed by atoms with E-state index in [1.807, 2.05) is 6.20 Å². The highest BCUT2D eigenvalue weighted by atomic mass is 15.1. The predicted octanol–water partition coefficient (Wildman–Crippen LogP) is 2.49. The van der Waals surface area contributed by atoms with E-state index in [9.17, 15) is 0 Å². The van der Waals surface area contributed by atoms with Gasteiger partial charge in [0.05, 0.1) is 6.20 Å². The van der Waals surface area contributed by atoms with Crippen molar-refractivity contribution in [3.05, 3.63) is 17.5 Å². The molecule has 0 bridgehead atoms. The van der Waals surface area contributed by atoms with Crippen LogP contribution in [0.3, 0.4) is 0 Å². The van der Waals surface area contributed by atoms with Gasteiger partial charge < -0.3 is 0 Å². The van der Waals surface area contributed by atoms with Crippen molar-refractivity contribution >= 4 is 0 Å². The zero-order valence-corrected chi connectivity index (χ0v) is 8.02. The van der Waals surface area contributed by atoms with Crippen LogP contribution in [0, 0.1) is 5.41 Å². The Hall–Kier alpha value is -0.790. The van der Waals surface area contributed by atoms with Crippen molar-refractivity contribution in [3.63, 3.8) is 0 Å². The lowest BCUT2D eigenvalue weighted by molar-refractivity contribution is 0.285. The Bertz CT molecular complexity index is 286. The predicted molar refractivity (Wildman–Crippen MR) is 49.1 cm³/mol. The lowest BCUT2D eigenvalue weighted by Gasteiger charge is -2.32. The second-order valence-corrected chi connectivity index (χ2v) is 4.75. The highest BCUT2D eigenvalue weighted by Gasteiger charge is 2.30. The van der Waals surface area contributed by atoms with Crippen molar-refractivity contribution in [2.24, 2.45) is 5.41 Å². The molecule has 1 aromatic heterocycles. The average Bonchev–Trinajstić information content (AvgIpc) is 2.31. The highest BCUT2D eigenvalue weighted by Crippen LogP contribution is 2.40. The fraction of sp³-hybridized carbons (Fsp3) is 0.700. The van der Waals surface area contributed by atoms with E-state index < -0.39 is 0 Å². The molecule has 66 valence electrons. The standard InChI is InChI=1S/C10H16N2/c1-7-4-10(2,3)5-9-8(7)6-11-12-9/h6-7H,4-5H2,1-3H3,(H,11,12)/t7-/m0/s1. The number of fused-ring (bicyclic) bond motifs is 1. The molecule has 2 heteroatoms. The van der Waals surface area contributed by atoms with Gasteiger partial charge in [-0.25, -0.2) is 0 Å². The van der Waals surface area contributed by atoms with Gasteiger partial charge in [0.1, 0.15) is 0 Å². The van der Waals surface area contributed by atoms with E-state index >= 15 is 0 Å². The monoisotopic (exact) mass is 164 g/mol. The molecule has 0 aliphatic heterocycles. The normalized spacial score (nSPS) is 26.8. The number of aromatic nitrogens is 2. The van der Waals surface area contributed by atoms with Crippen molar-refractivity contribution < 1.29 is 0 Å². The van der Waals surface area contributed by atoms with E-state index in [0.29, 0.717) is 11.3 Å². The molecule has 1 aromatic rings. The minimum atomic E-state index is 0.443. The Morgan fingerprint density at radius 2 is 2.33 bits per heavy atom. The molecular weight excluding hydrogens is 148 g/mol. The van der Waals surface area contributed by atoms with Crippen LogP contribution in [0.25, 0.3) is 0 Å². The molecule has 0 radical (unpaired) electrons. The number of nitrogens with one attached hydrogen (secondary N) is 1. The van der Waals surface area contributed by atoms with Gasteiger partial charge in [-0.05, 0) is 29.7 Å². The molecule has 0 amide bonds. The van der Waals surface area contributed by atoms with Crippen LogP contribution in [-0.2, 0) is 6.42 Å². The second kappa shape index (κ2) is 2.35. The molecule has 0 saturated heterocycles. The molecule has 0 saturated carbocycles. The van der Waals surface area contributed by atoms with Crippen molar-refractivity contribution in [2.75, 3.05) is 0 Å². The number of H-pyrrole nitrogens is 1. The van der Waals surface area contributed by atoms with Crippen LogP contribution in [0.5, 0.6) is 0 Å². The molecule has 1 aliphatic carbocycles. The molecular formula is C10H16N2. The van der Waals surface area contributed by atoms with Crippen LogP contribution in [-0.4, -0.2) is 10.2 Å². The van der Waals surface area contributed by atoms with Crippen molar-refractivity contribution in [1.29, 1.82) is 0 Å². The van der Waals surface area contributed by atoms with Gasteiger partial charge in [0.15, 0.2) is 0 Å². The van der Waals surface area contributed by atoms with Crippen LogP contribution < -0.4 is 0 Å². The number of hydrogen-bond donors (Lipinski definition) is 1. The summed E-state index contributed by atoms with van der Waals surface area (Å²) in [6.45, 7) is 6.94. The molecule has 1 aliphatic rings. The van der Waals surface area contributed by atoms with E-state index in [-0.39, 0.29) is 0 Å². The van der Waals surface area contributed by atoms with Gasteiger partial charge in [0.2, 0.25) is 0 Å². The maximum absolute atomic E-state index is 4.09. The summed E-state index contributed by atoms with van der Waals surface area (Å²) in [5, 5.41) is 7.19. The number of nitrogens with zero attached hydrogens (tertiary/aromatic N) is 1. The Balaban J connectivity index is 2.38. The quantitative estimate of drug-likeness (QED) is 0.627. The first kappa shape index (κ1) is 7.84. The number of rotatable bonds is 0. The third-order valence-corrected chi connectivity index (χ3v) is 2.80. The number of aromatic amines is 1. The van der Waals surface area contributed by atoms with E-state index in [1.165, 1.54) is 17.7 Å². The van der Waals surface area contributed by atoms with Crippen LogP contribution >= 0.6 is 0 Å². The lowest BCUT2D eigenvalue weighted by Crippen LogP contribution is -2.23. The van der Waals surface area contributed by atoms with Crippen LogP contribution in [0.2, 0.25) is 0 Å². The van der Waals surface area contributed by atoms with Gasteiger partial charge >= 0.3 is 0 Å². The molecule has 0 unspecified atom stereocenters. The minimum Gasteiger partial charge on any atom is -0.282 e. The largest absolute Gasteiger partial charge is 0.282 e. The van der Waals surface area contributed by atoms with Gasteiger partial charge in [-0.1, -0.05) is 20.8 Å². The zero-order valence-electron chi connectivity index (χ0n) is 8.02. The highest BCUT2D eigenvalue weighted by molar-refractivity contribution is 5.25. The third-order valence-electron chi connectivity index (χ3n) is 2.80. The molecule has 0 spiro atoms. The summed E-state index contributed by atoms with van der Waals surface area (Å²) < 4.78 is 0. The van der Waals surface area contributed by atoms with E-state index in [4.69, 9.17) is 0 Å². The SMILES string of the molecule is C[C@H]1CC(C)(C)Cc2[nH]ncc21. The smallest absolute Gasteiger partial charge is 0.0524 e. The van der Waals surface area contributed by atoms with Crippen molar-refractivity contribution in [3.8, 4) is 0 Å². The third kappa shape index (κ3) is 1.15. The van der Waals surface area contributed by atoms with Gasteiger partial charge in [-0.3, -0.25) is 5.10 Å². The first-order valence-corrected chi connectivity index (χ1v) is 4.61.